The zero-order chi connectivity index (χ0) is 18.2. The van der Waals surface area contributed by atoms with Gasteiger partial charge < -0.3 is 15.1 Å². The second-order valence-electron chi connectivity index (χ2n) is 5.70. The normalized spacial score (nSPS) is 10.2. The molecule has 2 rings (SSSR count). The van der Waals surface area contributed by atoms with E-state index in [0.29, 0.717) is 18.7 Å². The van der Waals surface area contributed by atoms with Crippen LogP contribution in [0, 0.1) is 0 Å². The number of likely N-dealkylation sites (N-methyl/N-ethyl adjacent to an activating group) is 1. The zero-order valence-electron chi connectivity index (χ0n) is 15.0. The number of carbonyl (C=O) groups is 2. The van der Waals surface area contributed by atoms with Crippen LogP contribution in [0.1, 0.15) is 24.2 Å². The minimum Gasteiger partial charge on any atom is -0.376 e. The molecule has 1 N–H and O–H groups in total. The topological polar surface area (TPSA) is 52.7 Å². The summed E-state index contributed by atoms with van der Waals surface area (Å²) in [6.07, 6.45) is 0. The van der Waals surface area contributed by atoms with Gasteiger partial charge in [0.2, 0.25) is 5.91 Å². The Kier molecular flexibility index (Phi) is 6.57. The van der Waals surface area contributed by atoms with Gasteiger partial charge in [0.25, 0.3) is 5.91 Å². The molecule has 0 saturated heterocycles. The lowest BCUT2D eigenvalue weighted by molar-refractivity contribution is -0.128. The van der Waals surface area contributed by atoms with Crippen LogP contribution in [0.15, 0.2) is 54.6 Å². The maximum Gasteiger partial charge on any atom is 0.258 e. The van der Waals surface area contributed by atoms with Gasteiger partial charge in [-0.3, -0.25) is 9.59 Å². The van der Waals surface area contributed by atoms with Crippen molar-refractivity contribution in [3.8, 4) is 0 Å². The van der Waals surface area contributed by atoms with Crippen molar-refractivity contribution in [3.63, 3.8) is 0 Å². The van der Waals surface area contributed by atoms with Gasteiger partial charge in [-0.15, -0.1) is 0 Å². The average Bonchev–Trinajstić information content (AvgIpc) is 2.67. The number of hydrogen-bond donors (Lipinski definition) is 1. The molecule has 0 aliphatic heterocycles. The number of para-hydroxylation sites is 1. The van der Waals surface area contributed by atoms with Crippen LogP contribution in [-0.4, -0.2) is 43.4 Å². The highest BCUT2D eigenvalue weighted by molar-refractivity contribution is 6.06. The van der Waals surface area contributed by atoms with Crippen molar-refractivity contribution in [2.75, 3.05) is 36.9 Å². The lowest BCUT2D eigenvalue weighted by Gasteiger charge is -2.20. The van der Waals surface area contributed by atoms with Crippen LogP contribution in [0.25, 0.3) is 0 Å². The molecular weight excluding hydrogens is 314 g/mol. The molecule has 0 heterocycles. The van der Waals surface area contributed by atoms with Crippen LogP contribution in [-0.2, 0) is 4.79 Å². The number of benzene rings is 2. The molecule has 0 aliphatic rings. The van der Waals surface area contributed by atoms with E-state index >= 15 is 0 Å². The van der Waals surface area contributed by atoms with Crippen molar-refractivity contribution in [3.05, 3.63) is 60.2 Å². The molecule has 0 fully saturated rings. The van der Waals surface area contributed by atoms with E-state index in [9.17, 15) is 9.59 Å². The molecular formula is C20H25N3O2. The third-order valence-electron chi connectivity index (χ3n) is 4.12. The summed E-state index contributed by atoms with van der Waals surface area (Å²) < 4.78 is 0. The quantitative estimate of drug-likeness (QED) is 0.842. The Labute approximate surface area is 149 Å². The summed E-state index contributed by atoms with van der Waals surface area (Å²) in [6.45, 7) is 5.52. The van der Waals surface area contributed by atoms with Gasteiger partial charge in [-0.05, 0) is 44.2 Å². The van der Waals surface area contributed by atoms with Gasteiger partial charge in [0.05, 0.1) is 6.54 Å². The lowest BCUT2D eigenvalue weighted by atomic mass is 10.1. The maximum atomic E-state index is 12.7. The minimum absolute atomic E-state index is 0.0446. The van der Waals surface area contributed by atoms with Gasteiger partial charge in [0.1, 0.15) is 0 Å². The number of rotatable bonds is 7. The molecule has 5 nitrogen and oxygen atoms in total. The zero-order valence-corrected chi connectivity index (χ0v) is 15.0. The van der Waals surface area contributed by atoms with Crippen LogP contribution >= 0.6 is 0 Å². The number of nitrogens with zero attached hydrogens (tertiary/aromatic N) is 2. The van der Waals surface area contributed by atoms with Crippen molar-refractivity contribution in [1.82, 2.24) is 4.90 Å². The first-order valence-corrected chi connectivity index (χ1v) is 8.51. The van der Waals surface area contributed by atoms with Gasteiger partial charge in [-0.1, -0.05) is 24.3 Å². The van der Waals surface area contributed by atoms with Crippen LogP contribution in [0.4, 0.5) is 11.4 Å². The van der Waals surface area contributed by atoms with Crippen LogP contribution in [0.5, 0.6) is 0 Å². The van der Waals surface area contributed by atoms with Crippen LogP contribution < -0.4 is 10.2 Å². The fraction of sp³-hybridized carbons (Fsp3) is 0.300. The Morgan fingerprint density at radius 1 is 0.960 bits per heavy atom. The second kappa shape index (κ2) is 8.87. The average molecular weight is 339 g/mol. The first-order valence-electron chi connectivity index (χ1n) is 8.51. The Morgan fingerprint density at radius 3 is 2.28 bits per heavy atom. The Morgan fingerprint density at radius 2 is 1.64 bits per heavy atom. The molecule has 0 bridgehead atoms. The second-order valence-corrected chi connectivity index (χ2v) is 5.70. The van der Waals surface area contributed by atoms with Crippen molar-refractivity contribution in [2.45, 2.75) is 13.8 Å². The largest absolute Gasteiger partial charge is 0.376 e. The Hall–Kier alpha value is -2.82. The molecule has 0 saturated carbocycles. The Bertz CT molecular complexity index is 712. The smallest absolute Gasteiger partial charge is 0.258 e. The summed E-state index contributed by atoms with van der Waals surface area (Å²) in [5, 5.41) is 3.11. The fourth-order valence-corrected chi connectivity index (χ4v) is 2.59. The summed E-state index contributed by atoms with van der Waals surface area (Å²) in [6, 6.07) is 16.7. The molecule has 0 radical (unpaired) electrons. The van der Waals surface area contributed by atoms with Crippen molar-refractivity contribution < 1.29 is 9.59 Å². The van der Waals surface area contributed by atoms with E-state index in [4.69, 9.17) is 0 Å². The SMILES string of the molecule is CCN(CC)C(=O)CNc1cccc(C(=O)N(C)c2ccccc2)c1. The van der Waals surface area contributed by atoms with Gasteiger partial charge in [-0.25, -0.2) is 0 Å². The van der Waals surface area contributed by atoms with E-state index in [1.54, 1.807) is 29.0 Å². The monoisotopic (exact) mass is 339 g/mol. The molecule has 2 aromatic carbocycles. The molecule has 0 unspecified atom stereocenters. The van der Waals surface area contributed by atoms with E-state index < -0.39 is 0 Å². The number of hydrogen-bond acceptors (Lipinski definition) is 3. The number of amides is 2. The first-order chi connectivity index (χ1) is 12.1. The number of nitrogens with one attached hydrogen (secondary N) is 1. The highest BCUT2D eigenvalue weighted by Crippen LogP contribution is 2.17. The van der Waals surface area contributed by atoms with Gasteiger partial charge >= 0.3 is 0 Å². The third-order valence-corrected chi connectivity index (χ3v) is 4.12. The summed E-state index contributed by atoms with van der Waals surface area (Å²) in [4.78, 5) is 28.1. The summed E-state index contributed by atoms with van der Waals surface area (Å²) in [5.41, 5.74) is 2.17. The number of carbonyl (C=O) groups excluding carboxylic acids is 2. The van der Waals surface area contributed by atoms with Crippen LogP contribution in [0.3, 0.4) is 0 Å². The van der Waals surface area contributed by atoms with Crippen LogP contribution in [0.2, 0.25) is 0 Å². The third kappa shape index (κ3) is 4.83. The Balaban J connectivity index is 2.05. The molecule has 2 aromatic rings. The number of anilines is 2. The molecule has 2 amide bonds. The molecule has 0 spiro atoms. The van der Waals surface area contributed by atoms with Gasteiger partial charge in [-0.2, -0.15) is 0 Å². The lowest BCUT2D eigenvalue weighted by Crippen LogP contribution is -2.35. The summed E-state index contributed by atoms with van der Waals surface area (Å²) in [7, 11) is 1.75. The predicted octanol–water partition coefficient (Wildman–Crippen LogP) is 3.24. The highest BCUT2D eigenvalue weighted by atomic mass is 16.2. The molecule has 0 atom stereocenters. The molecule has 0 aromatic heterocycles. The maximum absolute atomic E-state index is 12.7. The first kappa shape index (κ1) is 18.5. The minimum atomic E-state index is -0.0927. The van der Waals surface area contributed by atoms with E-state index in [1.165, 1.54) is 0 Å². The van der Waals surface area contributed by atoms with Crippen molar-refractivity contribution in [2.24, 2.45) is 0 Å². The predicted molar refractivity (Wildman–Crippen MR) is 102 cm³/mol. The van der Waals surface area contributed by atoms with E-state index in [2.05, 4.69) is 5.32 Å². The van der Waals surface area contributed by atoms with Crippen molar-refractivity contribution >= 4 is 23.2 Å². The van der Waals surface area contributed by atoms with E-state index in [-0.39, 0.29) is 18.4 Å². The molecule has 0 aliphatic carbocycles. The standard InChI is InChI=1S/C20H25N3O2/c1-4-23(5-2)19(24)15-21-17-11-9-10-16(14-17)20(25)22(3)18-12-7-6-8-13-18/h6-14,21H,4-5,15H2,1-3H3. The highest BCUT2D eigenvalue weighted by Gasteiger charge is 2.14. The summed E-state index contributed by atoms with van der Waals surface area (Å²) >= 11 is 0. The van der Waals surface area contributed by atoms with E-state index in [1.807, 2.05) is 56.3 Å². The van der Waals surface area contributed by atoms with E-state index in [0.717, 1.165) is 11.4 Å². The molecule has 25 heavy (non-hydrogen) atoms. The van der Waals surface area contributed by atoms with Gasteiger partial charge in [0, 0.05) is 37.1 Å². The molecule has 132 valence electrons. The van der Waals surface area contributed by atoms with Crippen molar-refractivity contribution in [1.29, 1.82) is 0 Å². The summed E-state index contributed by atoms with van der Waals surface area (Å²) in [5.74, 6) is -0.0481. The molecule has 5 heteroatoms. The fourth-order valence-electron chi connectivity index (χ4n) is 2.59. The van der Waals surface area contributed by atoms with Gasteiger partial charge in [0.15, 0.2) is 0 Å².